The van der Waals surface area contributed by atoms with Crippen molar-refractivity contribution in [3.8, 4) is 5.75 Å². The van der Waals surface area contributed by atoms with Gasteiger partial charge in [-0.25, -0.2) is 4.39 Å². The van der Waals surface area contributed by atoms with Crippen molar-refractivity contribution in [2.45, 2.75) is 26.0 Å². The number of hydrogen-bond donors (Lipinski definition) is 1. The van der Waals surface area contributed by atoms with E-state index in [2.05, 4.69) is 5.32 Å². The monoisotopic (exact) mass is 307 g/mol. The van der Waals surface area contributed by atoms with Gasteiger partial charge in [0.05, 0.1) is 17.2 Å². The topological polar surface area (TPSA) is 21.3 Å². The van der Waals surface area contributed by atoms with Gasteiger partial charge in [0.2, 0.25) is 0 Å². The van der Waals surface area contributed by atoms with Gasteiger partial charge in [0.1, 0.15) is 11.6 Å². The second-order valence-corrected chi connectivity index (χ2v) is 5.51. The van der Waals surface area contributed by atoms with Crippen LogP contribution in [0.2, 0.25) is 5.02 Å². The van der Waals surface area contributed by atoms with Crippen LogP contribution in [-0.4, -0.2) is 13.2 Å². The molecule has 2 aromatic rings. The van der Waals surface area contributed by atoms with Gasteiger partial charge >= 0.3 is 0 Å². The third kappa shape index (κ3) is 3.74. The molecule has 0 aromatic heterocycles. The molecule has 0 spiro atoms. The Morgan fingerprint density at radius 3 is 2.48 bits per heavy atom. The molecule has 0 saturated heterocycles. The molecule has 0 fully saturated rings. The van der Waals surface area contributed by atoms with E-state index in [1.165, 1.54) is 6.07 Å². The fourth-order valence-electron chi connectivity index (χ4n) is 2.27. The number of para-hydroxylation sites is 1. The first-order valence-electron chi connectivity index (χ1n) is 6.90. The van der Waals surface area contributed by atoms with E-state index in [9.17, 15) is 4.39 Å². The zero-order valence-corrected chi connectivity index (χ0v) is 13.1. The summed E-state index contributed by atoms with van der Waals surface area (Å²) in [6.07, 6.45) is 0.0746. The maximum absolute atomic E-state index is 13.7. The Labute approximate surface area is 129 Å². The van der Waals surface area contributed by atoms with Crippen molar-refractivity contribution in [1.82, 2.24) is 5.32 Å². The number of hydrogen-bond acceptors (Lipinski definition) is 2. The molecule has 4 heteroatoms. The third-order valence-corrected chi connectivity index (χ3v) is 3.46. The predicted molar refractivity (Wildman–Crippen MR) is 84.5 cm³/mol. The van der Waals surface area contributed by atoms with Crippen LogP contribution in [0.25, 0.3) is 0 Å². The predicted octanol–water partition coefficient (Wildman–Crippen LogP) is 4.58. The van der Waals surface area contributed by atoms with Crippen molar-refractivity contribution in [2.24, 2.45) is 0 Å². The minimum atomic E-state index is -0.420. The lowest BCUT2D eigenvalue weighted by molar-refractivity contribution is 0.238. The molecule has 0 aliphatic heterocycles. The zero-order chi connectivity index (χ0) is 15.4. The van der Waals surface area contributed by atoms with Gasteiger partial charge in [0, 0.05) is 5.56 Å². The van der Waals surface area contributed by atoms with Crippen molar-refractivity contribution in [3.05, 3.63) is 64.4 Å². The zero-order valence-electron chi connectivity index (χ0n) is 12.4. The maximum atomic E-state index is 13.7. The first-order chi connectivity index (χ1) is 10.0. The van der Waals surface area contributed by atoms with Gasteiger partial charge in [-0.05, 0) is 44.7 Å². The molecule has 0 amide bonds. The Hall–Kier alpha value is -1.58. The maximum Gasteiger partial charge on any atom is 0.142 e. The summed E-state index contributed by atoms with van der Waals surface area (Å²) in [5.74, 6) is 0.374. The van der Waals surface area contributed by atoms with Crippen molar-refractivity contribution in [3.63, 3.8) is 0 Å². The molecule has 0 aliphatic carbocycles. The van der Waals surface area contributed by atoms with Crippen LogP contribution in [0.1, 0.15) is 31.0 Å². The molecule has 0 heterocycles. The largest absolute Gasteiger partial charge is 0.491 e. The molecule has 112 valence electrons. The van der Waals surface area contributed by atoms with Gasteiger partial charge < -0.3 is 10.1 Å². The van der Waals surface area contributed by atoms with Crippen molar-refractivity contribution in [1.29, 1.82) is 0 Å². The molecule has 2 aromatic carbocycles. The van der Waals surface area contributed by atoms with Crippen LogP contribution in [0.4, 0.5) is 4.39 Å². The average molecular weight is 308 g/mol. The summed E-state index contributed by atoms with van der Waals surface area (Å²) in [6, 6.07) is 12.5. The van der Waals surface area contributed by atoms with Crippen LogP contribution in [0.3, 0.4) is 0 Å². The van der Waals surface area contributed by atoms with E-state index in [0.29, 0.717) is 0 Å². The Kier molecular flexibility index (Phi) is 5.21. The van der Waals surface area contributed by atoms with E-state index in [4.69, 9.17) is 16.3 Å². The highest BCUT2D eigenvalue weighted by Crippen LogP contribution is 2.31. The number of halogens is 2. The lowest BCUT2D eigenvalue weighted by Gasteiger charge is -2.22. The summed E-state index contributed by atoms with van der Waals surface area (Å²) >= 11 is 5.75. The number of benzene rings is 2. The van der Waals surface area contributed by atoms with E-state index in [1.54, 1.807) is 6.07 Å². The third-order valence-electron chi connectivity index (χ3n) is 3.16. The molecule has 1 unspecified atom stereocenters. The van der Waals surface area contributed by atoms with E-state index in [-0.39, 0.29) is 17.2 Å². The highest BCUT2D eigenvalue weighted by atomic mass is 35.5. The molecule has 0 aliphatic rings. The number of nitrogens with one attached hydrogen (secondary N) is 1. The van der Waals surface area contributed by atoms with Gasteiger partial charge in [-0.2, -0.15) is 0 Å². The molecule has 1 N–H and O–H groups in total. The molecule has 0 radical (unpaired) electrons. The Morgan fingerprint density at radius 1 is 1.14 bits per heavy atom. The van der Waals surface area contributed by atoms with Crippen molar-refractivity contribution >= 4 is 11.6 Å². The van der Waals surface area contributed by atoms with Crippen LogP contribution in [0, 0.1) is 5.82 Å². The van der Waals surface area contributed by atoms with Gasteiger partial charge in [-0.15, -0.1) is 0 Å². The number of ether oxygens (including phenoxy) is 1. The molecule has 0 saturated carbocycles. The summed E-state index contributed by atoms with van der Waals surface area (Å²) in [5.41, 5.74) is 1.77. The lowest BCUT2D eigenvalue weighted by Crippen LogP contribution is -2.19. The highest BCUT2D eigenvalue weighted by molar-refractivity contribution is 6.30. The quantitative estimate of drug-likeness (QED) is 0.873. The van der Waals surface area contributed by atoms with E-state index >= 15 is 0 Å². The van der Waals surface area contributed by atoms with E-state index in [1.807, 2.05) is 51.2 Å². The molecule has 1 atom stereocenters. The highest BCUT2D eigenvalue weighted by Gasteiger charge is 2.18. The minimum absolute atomic E-state index is 0.0746. The SMILES string of the molecule is CNC(c1ccc(Cl)c(F)c1)c1ccccc1OC(C)C. The number of rotatable bonds is 5. The van der Waals surface area contributed by atoms with Crippen molar-refractivity contribution in [2.75, 3.05) is 7.05 Å². The standard InChI is InChI=1S/C17H19ClFNO/c1-11(2)21-16-7-5-4-6-13(16)17(20-3)12-8-9-14(18)15(19)10-12/h4-11,17,20H,1-3H3. The normalized spacial score (nSPS) is 12.5. The first-order valence-corrected chi connectivity index (χ1v) is 7.28. The molecular formula is C17H19ClFNO. The molecule has 21 heavy (non-hydrogen) atoms. The van der Waals surface area contributed by atoms with Crippen molar-refractivity contribution < 1.29 is 9.13 Å². The van der Waals surface area contributed by atoms with Gasteiger partial charge in [-0.1, -0.05) is 35.9 Å². The molecule has 2 rings (SSSR count). The van der Waals surface area contributed by atoms with Gasteiger partial charge in [0.15, 0.2) is 0 Å². The van der Waals surface area contributed by atoms with E-state index < -0.39 is 5.82 Å². The molecule has 2 nitrogen and oxygen atoms in total. The Morgan fingerprint density at radius 2 is 1.86 bits per heavy atom. The summed E-state index contributed by atoms with van der Waals surface area (Å²) in [6.45, 7) is 3.96. The second kappa shape index (κ2) is 6.92. The Bertz CT molecular complexity index is 615. The lowest BCUT2D eigenvalue weighted by atomic mass is 9.98. The molecule has 0 bridgehead atoms. The second-order valence-electron chi connectivity index (χ2n) is 5.10. The van der Waals surface area contributed by atoms with Crippen LogP contribution in [0.15, 0.2) is 42.5 Å². The van der Waals surface area contributed by atoms with Crippen LogP contribution >= 0.6 is 11.6 Å². The summed E-state index contributed by atoms with van der Waals surface area (Å²) in [7, 11) is 1.84. The van der Waals surface area contributed by atoms with Crippen LogP contribution in [0.5, 0.6) is 5.75 Å². The fourth-order valence-corrected chi connectivity index (χ4v) is 2.39. The minimum Gasteiger partial charge on any atom is -0.491 e. The summed E-state index contributed by atoms with van der Waals surface area (Å²) < 4.78 is 19.6. The Balaban J connectivity index is 2.43. The van der Waals surface area contributed by atoms with Gasteiger partial charge in [-0.3, -0.25) is 0 Å². The van der Waals surface area contributed by atoms with Crippen LogP contribution < -0.4 is 10.1 Å². The average Bonchev–Trinajstić information content (AvgIpc) is 2.44. The van der Waals surface area contributed by atoms with Crippen LogP contribution in [-0.2, 0) is 0 Å². The van der Waals surface area contributed by atoms with E-state index in [0.717, 1.165) is 16.9 Å². The summed E-state index contributed by atoms with van der Waals surface area (Å²) in [4.78, 5) is 0. The fraction of sp³-hybridized carbons (Fsp3) is 0.294. The molecular weight excluding hydrogens is 289 g/mol. The summed E-state index contributed by atoms with van der Waals surface area (Å²) in [5, 5.41) is 3.33. The smallest absolute Gasteiger partial charge is 0.142 e. The van der Waals surface area contributed by atoms with Gasteiger partial charge in [0.25, 0.3) is 0 Å². The first kappa shape index (κ1) is 15.8.